The summed E-state index contributed by atoms with van der Waals surface area (Å²) in [6, 6.07) is 14.5. The second-order valence-corrected chi connectivity index (χ2v) is 11.1. The molecule has 4 aliphatic carbocycles. The van der Waals surface area contributed by atoms with Crippen molar-refractivity contribution in [1.29, 1.82) is 0 Å². The van der Waals surface area contributed by atoms with Crippen LogP contribution in [0.4, 0.5) is 0 Å². The summed E-state index contributed by atoms with van der Waals surface area (Å²) in [7, 11) is 1.68. The first kappa shape index (κ1) is 22.5. The molecule has 3 aromatic rings. The maximum absolute atomic E-state index is 13.8. The van der Waals surface area contributed by atoms with E-state index >= 15 is 0 Å². The summed E-state index contributed by atoms with van der Waals surface area (Å²) in [4.78, 5) is 17.2. The summed E-state index contributed by atoms with van der Waals surface area (Å²) in [6.45, 7) is 3.13. The maximum Gasteiger partial charge on any atom is 0.226 e. The number of methoxy groups -OCH3 is 1. The van der Waals surface area contributed by atoms with Gasteiger partial charge in [-0.25, -0.2) is 0 Å². The summed E-state index contributed by atoms with van der Waals surface area (Å²) in [5, 5.41) is 4.63. The first-order chi connectivity index (χ1) is 17.1. The minimum absolute atomic E-state index is 0.00795. The van der Waals surface area contributed by atoms with Crippen molar-refractivity contribution in [3.63, 3.8) is 0 Å². The van der Waals surface area contributed by atoms with Gasteiger partial charge in [-0.3, -0.25) is 4.79 Å². The van der Waals surface area contributed by atoms with E-state index in [1.54, 1.807) is 7.11 Å². The van der Waals surface area contributed by atoms with E-state index in [0.29, 0.717) is 13.2 Å². The van der Waals surface area contributed by atoms with Crippen LogP contribution in [0.5, 0.6) is 11.5 Å². The van der Waals surface area contributed by atoms with E-state index in [-0.39, 0.29) is 17.2 Å². The van der Waals surface area contributed by atoms with Crippen LogP contribution in [-0.2, 0) is 4.79 Å². The average molecular weight is 473 g/mol. The Balaban J connectivity index is 1.31. The fourth-order valence-electron chi connectivity index (χ4n) is 7.74. The van der Waals surface area contributed by atoms with E-state index in [9.17, 15) is 4.79 Å². The van der Waals surface area contributed by atoms with Crippen molar-refractivity contribution >= 4 is 16.8 Å². The van der Waals surface area contributed by atoms with E-state index < -0.39 is 0 Å². The zero-order chi connectivity index (χ0) is 24.0. The van der Waals surface area contributed by atoms with E-state index in [1.165, 1.54) is 30.2 Å². The van der Waals surface area contributed by atoms with Crippen molar-refractivity contribution in [2.24, 2.45) is 23.2 Å². The number of aromatic nitrogens is 1. The minimum Gasteiger partial charge on any atom is -0.493 e. The molecule has 0 saturated heterocycles. The van der Waals surface area contributed by atoms with Crippen molar-refractivity contribution in [2.75, 3.05) is 20.3 Å². The van der Waals surface area contributed by atoms with Crippen LogP contribution in [0.1, 0.15) is 62.5 Å². The Morgan fingerprint density at radius 1 is 1.06 bits per heavy atom. The van der Waals surface area contributed by atoms with Crippen molar-refractivity contribution in [1.82, 2.24) is 10.3 Å². The molecule has 5 heteroatoms. The quantitative estimate of drug-likeness (QED) is 0.420. The minimum atomic E-state index is -0.143. The van der Waals surface area contributed by atoms with Gasteiger partial charge in [0.05, 0.1) is 13.7 Å². The number of benzene rings is 2. The van der Waals surface area contributed by atoms with Gasteiger partial charge in [0, 0.05) is 35.0 Å². The predicted molar refractivity (Wildman–Crippen MR) is 138 cm³/mol. The van der Waals surface area contributed by atoms with Gasteiger partial charge in [0.15, 0.2) is 11.5 Å². The number of hydrogen-bond acceptors (Lipinski definition) is 3. The van der Waals surface area contributed by atoms with Crippen LogP contribution in [0.2, 0.25) is 0 Å². The molecule has 5 nitrogen and oxygen atoms in total. The Labute approximate surface area is 207 Å². The Hall–Kier alpha value is -2.95. The van der Waals surface area contributed by atoms with Crippen molar-refractivity contribution in [3.05, 3.63) is 59.8 Å². The Morgan fingerprint density at radius 3 is 2.46 bits per heavy atom. The molecule has 4 saturated carbocycles. The molecule has 35 heavy (non-hydrogen) atoms. The molecule has 7 rings (SSSR count). The molecule has 1 atom stereocenters. The largest absolute Gasteiger partial charge is 0.493 e. The summed E-state index contributed by atoms with van der Waals surface area (Å²) in [6.07, 6.45) is 9.37. The lowest BCUT2D eigenvalue weighted by atomic mass is 9.49. The van der Waals surface area contributed by atoms with Gasteiger partial charge in [0.2, 0.25) is 5.91 Å². The van der Waals surface area contributed by atoms with Crippen molar-refractivity contribution < 1.29 is 14.3 Å². The van der Waals surface area contributed by atoms with Crippen LogP contribution in [0.25, 0.3) is 10.9 Å². The lowest BCUT2D eigenvalue weighted by molar-refractivity contribution is -0.146. The summed E-state index contributed by atoms with van der Waals surface area (Å²) in [5.41, 5.74) is 3.27. The van der Waals surface area contributed by atoms with Gasteiger partial charge in [-0.2, -0.15) is 0 Å². The topological polar surface area (TPSA) is 63.3 Å². The number of hydrogen-bond donors (Lipinski definition) is 2. The molecule has 1 amide bonds. The van der Waals surface area contributed by atoms with Crippen molar-refractivity contribution in [3.8, 4) is 11.5 Å². The number of amides is 1. The van der Waals surface area contributed by atoms with Crippen LogP contribution < -0.4 is 14.8 Å². The Kier molecular flexibility index (Phi) is 5.74. The van der Waals surface area contributed by atoms with Crippen LogP contribution in [-0.4, -0.2) is 31.2 Å². The number of H-pyrrole nitrogens is 1. The van der Waals surface area contributed by atoms with Gasteiger partial charge in [0.25, 0.3) is 0 Å². The molecule has 184 valence electrons. The fourth-order valence-corrected chi connectivity index (χ4v) is 7.74. The highest BCUT2D eigenvalue weighted by Crippen LogP contribution is 2.60. The Morgan fingerprint density at radius 2 is 1.77 bits per heavy atom. The zero-order valence-corrected chi connectivity index (χ0v) is 20.8. The average Bonchev–Trinajstić information content (AvgIpc) is 3.28. The van der Waals surface area contributed by atoms with E-state index in [0.717, 1.165) is 59.6 Å². The van der Waals surface area contributed by atoms with Gasteiger partial charge in [0.1, 0.15) is 0 Å². The molecule has 2 aromatic carbocycles. The first-order valence-electron chi connectivity index (χ1n) is 13.2. The van der Waals surface area contributed by atoms with Crippen molar-refractivity contribution in [2.45, 2.75) is 51.4 Å². The second kappa shape index (κ2) is 8.92. The number of carbonyl (C=O) groups excluding carboxylic acids is 1. The maximum atomic E-state index is 13.8. The second-order valence-electron chi connectivity index (χ2n) is 11.1. The smallest absolute Gasteiger partial charge is 0.226 e. The molecule has 4 fully saturated rings. The number of nitrogens with one attached hydrogen (secondary N) is 2. The van der Waals surface area contributed by atoms with Gasteiger partial charge in [-0.1, -0.05) is 24.3 Å². The molecule has 1 heterocycles. The van der Waals surface area contributed by atoms with Gasteiger partial charge in [-0.15, -0.1) is 0 Å². The molecule has 4 aliphatic rings. The molecular formula is C30H36N2O3. The summed E-state index contributed by atoms with van der Waals surface area (Å²) >= 11 is 0. The lowest BCUT2D eigenvalue weighted by Crippen LogP contribution is -2.54. The number of aromatic amines is 1. The third kappa shape index (κ3) is 3.99. The molecule has 0 radical (unpaired) electrons. The molecule has 0 aliphatic heterocycles. The molecule has 4 bridgehead atoms. The molecule has 2 N–H and O–H groups in total. The monoisotopic (exact) mass is 472 g/mol. The highest BCUT2D eigenvalue weighted by atomic mass is 16.5. The van der Waals surface area contributed by atoms with E-state index in [2.05, 4.69) is 46.8 Å². The zero-order valence-electron chi connectivity index (χ0n) is 20.8. The fraction of sp³-hybridized carbons (Fsp3) is 0.500. The van der Waals surface area contributed by atoms with Gasteiger partial charge in [-0.05, 0) is 92.5 Å². The highest BCUT2D eigenvalue weighted by Gasteiger charge is 2.54. The Bertz CT molecular complexity index is 1190. The van der Waals surface area contributed by atoms with E-state index in [4.69, 9.17) is 9.47 Å². The molecule has 0 unspecified atom stereocenters. The third-order valence-corrected chi connectivity index (χ3v) is 8.87. The van der Waals surface area contributed by atoms with Gasteiger partial charge < -0.3 is 19.8 Å². The highest BCUT2D eigenvalue weighted by molar-refractivity contribution is 5.85. The summed E-state index contributed by atoms with van der Waals surface area (Å²) < 4.78 is 11.4. The normalized spacial score (nSPS) is 27.7. The van der Waals surface area contributed by atoms with Crippen LogP contribution >= 0.6 is 0 Å². The predicted octanol–water partition coefficient (Wildman–Crippen LogP) is 6.04. The SMILES string of the molecule is CCOc1ccc([C@H](CNC(=O)C23CC4CC(CC(C4)C2)C3)c2c[nH]c3ccccc23)cc1OC. The number of ether oxygens (including phenoxy) is 2. The molecule has 0 spiro atoms. The number of fused-ring (bicyclic) bond motifs is 1. The number of carbonyl (C=O) groups is 1. The third-order valence-electron chi connectivity index (χ3n) is 8.87. The van der Waals surface area contributed by atoms with E-state index in [1.807, 2.05) is 19.1 Å². The lowest BCUT2D eigenvalue weighted by Gasteiger charge is -2.55. The van der Waals surface area contributed by atoms with Crippen LogP contribution in [0.15, 0.2) is 48.7 Å². The van der Waals surface area contributed by atoms with Gasteiger partial charge >= 0.3 is 0 Å². The van der Waals surface area contributed by atoms with Crippen LogP contribution in [0.3, 0.4) is 0 Å². The molecule has 1 aromatic heterocycles. The molecular weight excluding hydrogens is 436 g/mol. The first-order valence-corrected chi connectivity index (χ1v) is 13.2. The standard InChI is InChI=1S/C30H36N2O3/c1-3-35-27-9-8-22(13-28(27)34-2)24(25-18-31-26-7-5-4-6-23(25)26)17-32-29(33)30-14-19-10-20(15-30)12-21(11-19)16-30/h4-9,13,18-21,24,31H,3,10-12,14-17H2,1-2H3,(H,32,33)/t19?,20?,21?,24-,30?/m0/s1. The number of rotatable bonds is 8. The number of para-hydroxylation sites is 1. The summed E-state index contributed by atoms with van der Waals surface area (Å²) in [5.74, 6) is 4.02. The van der Waals surface area contributed by atoms with Crippen LogP contribution in [0, 0.1) is 23.2 Å².